The highest BCUT2D eigenvalue weighted by Gasteiger charge is 2.26. The lowest BCUT2D eigenvalue weighted by Crippen LogP contribution is -2.11. The van der Waals surface area contributed by atoms with Crippen LogP contribution in [-0.4, -0.2) is 22.6 Å². The summed E-state index contributed by atoms with van der Waals surface area (Å²) < 4.78 is 5.89. The Labute approximate surface area is 116 Å². The van der Waals surface area contributed by atoms with Gasteiger partial charge in [0.2, 0.25) is 0 Å². The maximum absolute atomic E-state index is 5.89. The summed E-state index contributed by atoms with van der Waals surface area (Å²) in [6.45, 7) is 7.40. The quantitative estimate of drug-likeness (QED) is 0.853. The van der Waals surface area contributed by atoms with Gasteiger partial charge in [-0.25, -0.2) is 9.97 Å². The van der Waals surface area contributed by atoms with Crippen LogP contribution in [0.3, 0.4) is 0 Å². The van der Waals surface area contributed by atoms with Crippen LogP contribution in [0, 0.1) is 0 Å². The van der Waals surface area contributed by atoms with Crippen molar-refractivity contribution in [3.8, 4) is 0 Å². The fourth-order valence-corrected chi connectivity index (χ4v) is 2.38. The molecule has 1 aromatic heterocycles. The first-order chi connectivity index (χ1) is 9.22. The molecule has 2 atom stereocenters. The molecule has 106 valence electrons. The molecule has 4 nitrogen and oxygen atoms in total. The second-order valence-corrected chi connectivity index (χ2v) is 5.29. The minimum Gasteiger partial charge on any atom is -0.370 e. The van der Waals surface area contributed by atoms with E-state index in [0.717, 1.165) is 56.0 Å². The Hall–Kier alpha value is -1.16. The fourth-order valence-electron chi connectivity index (χ4n) is 2.38. The van der Waals surface area contributed by atoms with Crippen LogP contribution in [0.15, 0.2) is 6.07 Å². The molecule has 0 amide bonds. The zero-order chi connectivity index (χ0) is 13.7. The van der Waals surface area contributed by atoms with Crippen molar-refractivity contribution in [2.24, 2.45) is 0 Å². The Balaban J connectivity index is 2.18. The van der Waals surface area contributed by atoms with Gasteiger partial charge in [-0.3, -0.25) is 0 Å². The van der Waals surface area contributed by atoms with Crippen molar-refractivity contribution in [1.29, 1.82) is 0 Å². The maximum atomic E-state index is 5.89. The molecule has 1 aliphatic heterocycles. The molecule has 0 saturated carbocycles. The number of hydrogen-bond acceptors (Lipinski definition) is 4. The summed E-state index contributed by atoms with van der Waals surface area (Å²) in [6.07, 6.45) is 5.74. The second kappa shape index (κ2) is 6.85. The average Bonchev–Trinajstić information content (AvgIpc) is 2.83. The molecular weight excluding hydrogens is 238 g/mol. The number of ether oxygens (including phenoxy) is 1. The summed E-state index contributed by atoms with van der Waals surface area (Å²) >= 11 is 0. The van der Waals surface area contributed by atoms with E-state index in [1.54, 1.807) is 0 Å². The predicted molar refractivity (Wildman–Crippen MR) is 77.3 cm³/mol. The average molecular weight is 263 g/mol. The van der Waals surface area contributed by atoms with Crippen LogP contribution in [0.4, 0.5) is 5.82 Å². The lowest BCUT2D eigenvalue weighted by molar-refractivity contribution is 0.0502. The fraction of sp³-hybridized carbons (Fsp3) is 0.733. The molecule has 2 heterocycles. The summed E-state index contributed by atoms with van der Waals surface area (Å²) in [6, 6.07) is 2.07. The number of nitrogens with zero attached hydrogens (tertiary/aromatic N) is 2. The SMILES string of the molecule is CCCNc1cc(CCC)nc(C2CCC(C)O2)n1. The number of nitrogens with one attached hydrogen (secondary N) is 1. The third-order valence-electron chi connectivity index (χ3n) is 3.38. The molecule has 1 N–H and O–H groups in total. The van der Waals surface area contributed by atoms with E-state index in [0.29, 0.717) is 6.10 Å². The smallest absolute Gasteiger partial charge is 0.159 e. The number of hydrogen-bond donors (Lipinski definition) is 1. The molecule has 2 rings (SSSR count). The highest BCUT2D eigenvalue weighted by Crippen LogP contribution is 2.31. The monoisotopic (exact) mass is 263 g/mol. The summed E-state index contributed by atoms with van der Waals surface area (Å²) in [7, 11) is 0. The molecule has 1 aromatic rings. The number of anilines is 1. The second-order valence-electron chi connectivity index (χ2n) is 5.29. The number of aromatic nitrogens is 2. The summed E-state index contributed by atoms with van der Waals surface area (Å²) in [4.78, 5) is 9.29. The van der Waals surface area contributed by atoms with E-state index in [1.165, 1.54) is 0 Å². The van der Waals surface area contributed by atoms with Crippen LogP contribution >= 0.6 is 0 Å². The Kier molecular flexibility index (Phi) is 5.14. The van der Waals surface area contributed by atoms with Gasteiger partial charge in [0.05, 0.1) is 6.10 Å². The van der Waals surface area contributed by atoms with Gasteiger partial charge in [-0.2, -0.15) is 0 Å². The van der Waals surface area contributed by atoms with Crippen molar-refractivity contribution < 1.29 is 4.74 Å². The van der Waals surface area contributed by atoms with E-state index in [9.17, 15) is 0 Å². The number of aryl methyl sites for hydroxylation is 1. The molecule has 4 heteroatoms. The molecule has 1 aliphatic rings. The molecule has 0 aromatic carbocycles. The molecule has 0 aliphatic carbocycles. The van der Waals surface area contributed by atoms with Crippen molar-refractivity contribution in [3.63, 3.8) is 0 Å². The lowest BCUT2D eigenvalue weighted by atomic mass is 10.2. The topological polar surface area (TPSA) is 47.0 Å². The van der Waals surface area contributed by atoms with Crippen molar-refractivity contribution in [2.75, 3.05) is 11.9 Å². The molecule has 0 spiro atoms. The van der Waals surface area contributed by atoms with E-state index in [2.05, 4.69) is 42.1 Å². The van der Waals surface area contributed by atoms with E-state index < -0.39 is 0 Å². The van der Waals surface area contributed by atoms with E-state index >= 15 is 0 Å². The molecule has 1 saturated heterocycles. The van der Waals surface area contributed by atoms with E-state index in [1.807, 2.05) is 0 Å². The Morgan fingerprint density at radius 3 is 2.74 bits per heavy atom. The van der Waals surface area contributed by atoms with Gasteiger partial charge in [0.15, 0.2) is 5.82 Å². The normalized spacial score (nSPS) is 22.7. The lowest BCUT2D eigenvalue weighted by Gasteiger charge is -2.13. The van der Waals surface area contributed by atoms with Gasteiger partial charge in [0.1, 0.15) is 11.9 Å². The largest absolute Gasteiger partial charge is 0.370 e. The van der Waals surface area contributed by atoms with E-state index in [4.69, 9.17) is 4.74 Å². The van der Waals surface area contributed by atoms with Crippen LogP contribution in [-0.2, 0) is 11.2 Å². The Bertz CT molecular complexity index is 408. The van der Waals surface area contributed by atoms with Gasteiger partial charge < -0.3 is 10.1 Å². The third kappa shape index (κ3) is 3.90. The standard InChI is InChI=1S/C15H25N3O/c1-4-6-12-10-14(16-9-5-2)18-15(17-12)13-8-7-11(3)19-13/h10-11,13H,4-9H2,1-3H3,(H,16,17,18). The van der Waals surface area contributed by atoms with Crippen LogP contribution in [0.5, 0.6) is 0 Å². The predicted octanol–water partition coefficient (Wildman–Crippen LogP) is 3.49. The van der Waals surface area contributed by atoms with Gasteiger partial charge >= 0.3 is 0 Å². The van der Waals surface area contributed by atoms with Crippen molar-refractivity contribution in [1.82, 2.24) is 9.97 Å². The van der Waals surface area contributed by atoms with Crippen LogP contribution in [0.25, 0.3) is 0 Å². The minimum atomic E-state index is 0.0778. The summed E-state index contributed by atoms with van der Waals surface area (Å²) in [5, 5.41) is 3.36. The molecular formula is C15H25N3O. The molecule has 1 fully saturated rings. The number of rotatable bonds is 6. The first-order valence-corrected chi connectivity index (χ1v) is 7.50. The Morgan fingerprint density at radius 2 is 2.11 bits per heavy atom. The van der Waals surface area contributed by atoms with Gasteiger partial charge in [0, 0.05) is 18.3 Å². The van der Waals surface area contributed by atoms with E-state index in [-0.39, 0.29) is 6.10 Å². The van der Waals surface area contributed by atoms with Crippen LogP contribution < -0.4 is 5.32 Å². The van der Waals surface area contributed by atoms with Crippen molar-refractivity contribution in [2.45, 2.75) is 65.1 Å². The van der Waals surface area contributed by atoms with Crippen LogP contribution in [0.2, 0.25) is 0 Å². The third-order valence-corrected chi connectivity index (χ3v) is 3.38. The Morgan fingerprint density at radius 1 is 1.26 bits per heavy atom. The van der Waals surface area contributed by atoms with Gasteiger partial charge in [-0.05, 0) is 32.6 Å². The van der Waals surface area contributed by atoms with Crippen molar-refractivity contribution >= 4 is 5.82 Å². The highest BCUT2D eigenvalue weighted by atomic mass is 16.5. The molecule has 2 unspecified atom stereocenters. The first-order valence-electron chi connectivity index (χ1n) is 7.50. The van der Waals surface area contributed by atoms with Gasteiger partial charge in [-0.1, -0.05) is 20.3 Å². The highest BCUT2D eigenvalue weighted by molar-refractivity contribution is 5.36. The minimum absolute atomic E-state index is 0.0778. The molecule has 0 bridgehead atoms. The van der Waals surface area contributed by atoms with Crippen LogP contribution in [0.1, 0.15) is 64.1 Å². The van der Waals surface area contributed by atoms with Gasteiger partial charge in [-0.15, -0.1) is 0 Å². The molecule has 0 radical (unpaired) electrons. The summed E-state index contributed by atoms with van der Waals surface area (Å²) in [5.41, 5.74) is 1.12. The van der Waals surface area contributed by atoms with Crippen molar-refractivity contribution in [3.05, 3.63) is 17.6 Å². The molecule has 19 heavy (non-hydrogen) atoms. The zero-order valence-corrected chi connectivity index (χ0v) is 12.3. The summed E-state index contributed by atoms with van der Waals surface area (Å²) in [5.74, 6) is 1.80. The zero-order valence-electron chi connectivity index (χ0n) is 12.3. The first kappa shape index (κ1) is 14.3. The van der Waals surface area contributed by atoms with Gasteiger partial charge in [0.25, 0.3) is 0 Å². The maximum Gasteiger partial charge on any atom is 0.159 e.